The lowest BCUT2D eigenvalue weighted by molar-refractivity contribution is 0.421. The Balaban J connectivity index is 2.36. The highest BCUT2D eigenvalue weighted by Gasteiger charge is 2.26. The van der Waals surface area contributed by atoms with Gasteiger partial charge in [0.25, 0.3) is 0 Å². The average Bonchev–Trinajstić information content (AvgIpc) is 3.01. The second kappa shape index (κ2) is 6.21. The topological polar surface area (TPSA) is 73.0 Å². The normalized spacial score (nSPS) is 12.3. The molecule has 122 valence electrons. The first kappa shape index (κ1) is 16.7. The zero-order chi connectivity index (χ0) is 16.5. The summed E-state index contributed by atoms with van der Waals surface area (Å²) in [6, 6.07) is 0. The van der Waals surface area contributed by atoms with E-state index in [0.717, 1.165) is 23.5 Å². The van der Waals surface area contributed by atoms with Crippen LogP contribution in [0.2, 0.25) is 0 Å². The summed E-state index contributed by atoms with van der Waals surface area (Å²) in [6.45, 7) is 9.24. The number of hydrogen-bond donors (Lipinski definition) is 0. The molecule has 0 spiro atoms. The molecule has 0 unspecified atom stereocenters. The Morgan fingerprint density at radius 3 is 2.41 bits per heavy atom. The standard InChI is InChI=1S/C14H23N5O2S/c1-6-18(22(20,21)13-8-15-17(5)9-13)10-14-11(3)16-19(7-2)12(14)4/h8-9H,6-7,10H2,1-5H3. The van der Waals surface area contributed by atoms with Crippen LogP contribution in [0, 0.1) is 13.8 Å². The van der Waals surface area contributed by atoms with E-state index in [-0.39, 0.29) is 4.90 Å². The molecular weight excluding hydrogens is 302 g/mol. The van der Waals surface area contributed by atoms with Crippen LogP contribution < -0.4 is 0 Å². The predicted octanol–water partition coefficient (Wildman–Crippen LogP) is 1.46. The van der Waals surface area contributed by atoms with Gasteiger partial charge in [-0.05, 0) is 20.8 Å². The minimum absolute atomic E-state index is 0.218. The molecular formula is C14H23N5O2S. The third-order valence-electron chi connectivity index (χ3n) is 3.84. The molecule has 0 aromatic carbocycles. The maximum atomic E-state index is 12.7. The van der Waals surface area contributed by atoms with Gasteiger partial charge in [-0.2, -0.15) is 14.5 Å². The number of hydrogen-bond acceptors (Lipinski definition) is 4. The van der Waals surface area contributed by atoms with Crippen LogP contribution in [0.3, 0.4) is 0 Å². The highest BCUT2D eigenvalue weighted by molar-refractivity contribution is 7.89. The Morgan fingerprint density at radius 1 is 1.27 bits per heavy atom. The number of nitrogens with zero attached hydrogens (tertiary/aromatic N) is 5. The van der Waals surface area contributed by atoms with Crippen LogP contribution in [-0.2, 0) is 30.2 Å². The second-order valence-electron chi connectivity index (χ2n) is 5.25. The molecule has 0 N–H and O–H groups in total. The van der Waals surface area contributed by atoms with Gasteiger partial charge in [-0.3, -0.25) is 9.36 Å². The third-order valence-corrected chi connectivity index (χ3v) is 5.71. The summed E-state index contributed by atoms with van der Waals surface area (Å²) >= 11 is 0. The Kier molecular flexibility index (Phi) is 4.72. The van der Waals surface area contributed by atoms with Crippen LogP contribution >= 0.6 is 0 Å². The van der Waals surface area contributed by atoms with Crippen molar-refractivity contribution in [1.82, 2.24) is 23.9 Å². The van der Waals surface area contributed by atoms with Crippen LogP contribution in [-0.4, -0.2) is 38.8 Å². The maximum absolute atomic E-state index is 12.7. The fourth-order valence-electron chi connectivity index (χ4n) is 2.49. The first-order chi connectivity index (χ1) is 10.3. The van der Waals surface area contributed by atoms with Crippen molar-refractivity contribution < 1.29 is 8.42 Å². The molecule has 8 heteroatoms. The number of rotatable bonds is 6. The van der Waals surface area contributed by atoms with Crippen molar-refractivity contribution in [2.45, 2.75) is 45.7 Å². The van der Waals surface area contributed by atoms with Crippen molar-refractivity contribution in [3.8, 4) is 0 Å². The molecule has 22 heavy (non-hydrogen) atoms. The van der Waals surface area contributed by atoms with Crippen molar-refractivity contribution in [1.29, 1.82) is 0 Å². The smallest absolute Gasteiger partial charge is 0.246 e. The molecule has 2 heterocycles. The molecule has 2 aromatic heterocycles. The quantitative estimate of drug-likeness (QED) is 0.806. The molecule has 2 aromatic rings. The molecule has 0 aliphatic rings. The number of aryl methyl sites for hydroxylation is 3. The highest BCUT2D eigenvalue weighted by atomic mass is 32.2. The van der Waals surface area contributed by atoms with Gasteiger partial charge in [-0.1, -0.05) is 6.92 Å². The van der Waals surface area contributed by atoms with E-state index in [9.17, 15) is 8.42 Å². The van der Waals surface area contributed by atoms with Crippen molar-refractivity contribution in [3.05, 3.63) is 29.3 Å². The molecule has 0 aliphatic carbocycles. The summed E-state index contributed by atoms with van der Waals surface area (Å²) in [7, 11) is -1.84. The van der Waals surface area contributed by atoms with E-state index < -0.39 is 10.0 Å². The van der Waals surface area contributed by atoms with E-state index >= 15 is 0 Å². The Hall–Kier alpha value is -1.67. The molecule has 2 rings (SSSR count). The SMILES string of the molecule is CCN(Cc1c(C)nn(CC)c1C)S(=O)(=O)c1cnn(C)c1. The lowest BCUT2D eigenvalue weighted by Gasteiger charge is -2.19. The van der Waals surface area contributed by atoms with Gasteiger partial charge in [0.1, 0.15) is 4.90 Å². The van der Waals surface area contributed by atoms with Gasteiger partial charge >= 0.3 is 0 Å². The van der Waals surface area contributed by atoms with E-state index in [1.807, 2.05) is 32.4 Å². The zero-order valence-electron chi connectivity index (χ0n) is 13.7. The number of sulfonamides is 1. The van der Waals surface area contributed by atoms with Crippen molar-refractivity contribution in [2.75, 3.05) is 6.54 Å². The van der Waals surface area contributed by atoms with Gasteiger partial charge in [0.05, 0.1) is 11.9 Å². The maximum Gasteiger partial charge on any atom is 0.246 e. The van der Waals surface area contributed by atoms with E-state index in [2.05, 4.69) is 10.2 Å². The second-order valence-corrected chi connectivity index (χ2v) is 7.18. The molecule has 0 amide bonds. The van der Waals surface area contributed by atoms with Crippen LogP contribution in [0.15, 0.2) is 17.3 Å². The average molecular weight is 325 g/mol. The van der Waals surface area contributed by atoms with E-state index in [1.54, 1.807) is 7.05 Å². The Labute approximate surface area is 131 Å². The molecule has 0 atom stereocenters. The van der Waals surface area contributed by atoms with Crippen molar-refractivity contribution in [3.63, 3.8) is 0 Å². The Bertz CT molecular complexity index is 760. The fraction of sp³-hybridized carbons (Fsp3) is 0.571. The van der Waals surface area contributed by atoms with E-state index in [1.165, 1.54) is 21.4 Å². The zero-order valence-corrected chi connectivity index (χ0v) is 14.6. The van der Waals surface area contributed by atoms with Gasteiger partial charge in [-0.15, -0.1) is 0 Å². The summed E-state index contributed by atoms with van der Waals surface area (Å²) in [5.41, 5.74) is 2.86. The third kappa shape index (κ3) is 2.93. The monoisotopic (exact) mass is 325 g/mol. The van der Waals surface area contributed by atoms with Gasteiger partial charge < -0.3 is 0 Å². The molecule has 7 nitrogen and oxygen atoms in total. The van der Waals surface area contributed by atoms with Crippen molar-refractivity contribution >= 4 is 10.0 Å². The van der Waals surface area contributed by atoms with E-state index in [4.69, 9.17) is 0 Å². The first-order valence-corrected chi connectivity index (χ1v) is 8.76. The minimum atomic E-state index is -3.55. The Morgan fingerprint density at radius 2 is 1.95 bits per heavy atom. The van der Waals surface area contributed by atoms with Gasteiger partial charge in [0.2, 0.25) is 10.0 Å². The predicted molar refractivity (Wildman–Crippen MR) is 83.9 cm³/mol. The molecule has 0 fully saturated rings. The van der Waals surface area contributed by atoms with Crippen LogP contribution in [0.4, 0.5) is 0 Å². The lowest BCUT2D eigenvalue weighted by atomic mass is 10.2. The molecule has 0 saturated heterocycles. The highest BCUT2D eigenvalue weighted by Crippen LogP contribution is 2.21. The molecule has 0 bridgehead atoms. The lowest BCUT2D eigenvalue weighted by Crippen LogP contribution is -2.30. The van der Waals surface area contributed by atoms with Gasteiger partial charge in [0, 0.05) is 44.1 Å². The summed E-state index contributed by atoms with van der Waals surface area (Å²) in [6.07, 6.45) is 2.90. The van der Waals surface area contributed by atoms with Crippen LogP contribution in [0.25, 0.3) is 0 Å². The fourth-order valence-corrected chi connectivity index (χ4v) is 3.90. The van der Waals surface area contributed by atoms with Gasteiger partial charge in [0.15, 0.2) is 0 Å². The molecule has 0 saturated carbocycles. The molecule has 0 aliphatic heterocycles. The van der Waals surface area contributed by atoms with Crippen LogP contribution in [0.1, 0.15) is 30.8 Å². The largest absolute Gasteiger partial charge is 0.274 e. The summed E-state index contributed by atoms with van der Waals surface area (Å²) in [5.74, 6) is 0. The summed E-state index contributed by atoms with van der Waals surface area (Å²) in [5, 5.41) is 8.41. The molecule has 0 radical (unpaired) electrons. The van der Waals surface area contributed by atoms with Crippen LogP contribution in [0.5, 0.6) is 0 Å². The minimum Gasteiger partial charge on any atom is -0.274 e. The van der Waals surface area contributed by atoms with Gasteiger partial charge in [-0.25, -0.2) is 8.42 Å². The number of aromatic nitrogens is 4. The summed E-state index contributed by atoms with van der Waals surface area (Å²) < 4.78 is 30.3. The van der Waals surface area contributed by atoms with E-state index in [0.29, 0.717) is 13.1 Å². The first-order valence-electron chi connectivity index (χ1n) is 7.32. The van der Waals surface area contributed by atoms with Crippen molar-refractivity contribution in [2.24, 2.45) is 7.05 Å². The summed E-state index contributed by atoms with van der Waals surface area (Å²) in [4.78, 5) is 0.218.